The average Bonchev–Trinajstić information content (AvgIpc) is 2.86. The monoisotopic (exact) mass is 509 g/mol. The second kappa shape index (κ2) is 9.84. The fourth-order valence-electron chi connectivity index (χ4n) is 6.73. The topological polar surface area (TPSA) is 84.3 Å². The molecule has 1 N–H and O–H groups in total. The van der Waals surface area contributed by atoms with Crippen LogP contribution in [0.5, 0.6) is 11.6 Å². The number of benzene rings is 1. The van der Waals surface area contributed by atoms with Gasteiger partial charge >= 0.3 is 0 Å². The van der Waals surface area contributed by atoms with Gasteiger partial charge < -0.3 is 14.7 Å². The number of hydrogen-bond acceptors (Lipinski definition) is 7. The van der Waals surface area contributed by atoms with Gasteiger partial charge in [0.05, 0.1) is 24.6 Å². The molecule has 2 bridgehead atoms. The third-order valence-corrected chi connectivity index (χ3v) is 8.08. The first-order valence-corrected chi connectivity index (χ1v) is 12.8. The first-order valence-electron chi connectivity index (χ1n) is 12.8. The Bertz CT molecular complexity index is 1230. The Kier molecular flexibility index (Phi) is 6.72. The summed E-state index contributed by atoms with van der Waals surface area (Å²) in [5.41, 5.74) is 1.65. The summed E-state index contributed by atoms with van der Waals surface area (Å²) in [5.74, 6) is -0.0563. The highest BCUT2D eigenvalue weighted by atomic mass is 19.1. The summed E-state index contributed by atoms with van der Waals surface area (Å²) in [7, 11) is 1.46. The largest absolute Gasteiger partial charge is 0.507 e. The molecule has 2 heterocycles. The summed E-state index contributed by atoms with van der Waals surface area (Å²) >= 11 is 0. The van der Waals surface area contributed by atoms with E-state index < -0.39 is 12.5 Å². The summed E-state index contributed by atoms with van der Waals surface area (Å²) in [4.78, 5) is 2.03. The van der Waals surface area contributed by atoms with Crippen LogP contribution in [0.4, 0.5) is 14.6 Å². The van der Waals surface area contributed by atoms with Gasteiger partial charge in [0.25, 0.3) is 0 Å². The van der Waals surface area contributed by atoms with E-state index in [1.165, 1.54) is 51.1 Å². The minimum atomic E-state index is -0.644. The van der Waals surface area contributed by atoms with Gasteiger partial charge in [-0.2, -0.15) is 5.10 Å². The van der Waals surface area contributed by atoms with Crippen LogP contribution in [0.2, 0.25) is 0 Å². The van der Waals surface area contributed by atoms with Gasteiger partial charge in [-0.25, -0.2) is 8.78 Å². The molecule has 0 spiro atoms. The van der Waals surface area contributed by atoms with Crippen molar-refractivity contribution in [3.05, 3.63) is 42.3 Å². The smallest absolute Gasteiger partial charge is 0.233 e. The zero-order valence-electron chi connectivity index (χ0n) is 21.5. The lowest BCUT2D eigenvalue weighted by Gasteiger charge is -2.54. The first kappa shape index (κ1) is 25.3. The quantitative estimate of drug-likeness (QED) is 0.419. The summed E-state index contributed by atoms with van der Waals surface area (Å²) < 4.78 is 33.9. The van der Waals surface area contributed by atoms with Crippen molar-refractivity contribution in [2.24, 2.45) is 10.8 Å². The summed E-state index contributed by atoms with van der Waals surface area (Å²) in [6.45, 7) is 4.46. The fourth-order valence-corrected chi connectivity index (χ4v) is 6.73. The van der Waals surface area contributed by atoms with E-state index in [-0.39, 0.29) is 46.3 Å². The number of halogens is 2. The number of alkyl halides is 1. The summed E-state index contributed by atoms with van der Waals surface area (Å²) in [6.07, 6.45) is 8.31. The van der Waals surface area contributed by atoms with Gasteiger partial charge in [-0.3, -0.25) is 0 Å². The molecule has 0 unspecified atom stereocenters. The Hall–Kier alpha value is -3.36. The molecule has 3 atom stereocenters. The zero-order valence-corrected chi connectivity index (χ0v) is 21.5. The molecule has 1 aromatic carbocycles. The van der Waals surface area contributed by atoms with Gasteiger partial charge in [-0.05, 0) is 72.8 Å². The Morgan fingerprint density at radius 1 is 1.05 bits per heavy atom. The molecule has 0 aliphatic heterocycles. The molecule has 0 amide bonds. The average molecular weight is 510 g/mol. The highest BCUT2D eigenvalue weighted by Crippen LogP contribution is 2.56. The van der Waals surface area contributed by atoms with Crippen molar-refractivity contribution in [1.82, 2.24) is 20.4 Å². The van der Waals surface area contributed by atoms with Gasteiger partial charge in [0.1, 0.15) is 18.2 Å². The van der Waals surface area contributed by atoms with Gasteiger partial charge in [-0.15, -0.1) is 15.3 Å². The molecule has 0 radical (unpaired) electrons. The normalized spacial score (nSPS) is 25.1. The number of hydrogen-bond donors (Lipinski definition) is 1. The van der Waals surface area contributed by atoms with Crippen LogP contribution >= 0.6 is 0 Å². The van der Waals surface area contributed by atoms with Crippen LogP contribution in [0, 0.1) is 16.6 Å². The van der Waals surface area contributed by atoms with Crippen molar-refractivity contribution in [2.75, 3.05) is 25.2 Å². The van der Waals surface area contributed by atoms with Crippen LogP contribution in [0.1, 0.15) is 52.4 Å². The van der Waals surface area contributed by atoms with Crippen LogP contribution in [0.25, 0.3) is 22.4 Å². The zero-order chi connectivity index (χ0) is 26.2. The number of aromatic hydroxyl groups is 1. The highest BCUT2D eigenvalue weighted by molar-refractivity contribution is 5.75. The number of ether oxygens (including phenoxy) is 1. The molecule has 2 fully saturated rings. The van der Waals surface area contributed by atoms with Gasteiger partial charge in [0.15, 0.2) is 5.82 Å². The minimum absolute atomic E-state index is 0.0407. The Morgan fingerprint density at radius 2 is 1.81 bits per heavy atom. The van der Waals surface area contributed by atoms with Crippen LogP contribution in [-0.4, -0.2) is 51.9 Å². The molecule has 37 heavy (non-hydrogen) atoms. The van der Waals surface area contributed by atoms with Crippen molar-refractivity contribution in [3.63, 3.8) is 0 Å². The van der Waals surface area contributed by atoms with E-state index in [4.69, 9.17) is 4.74 Å². The van der Waals surface area contributed by atoms with Crippen LogP contribution in [-0.2, 0) is 0 Å². The molecule has 2 aliphatic carbocycles. The molecule has 7 nitrogen and oxygen atoms in total. The van der Waals surface area contributed by atoms with Crippen LogP contribution in [0.15, 0.2) is 36.5 Å². The Morgan fingerprint density at radius 3 is 2.43 bits per heavy atom. The van der Waals surface area contributed by atoms with E-state index in [9.17, 15) is 9.50 Å². The maximum Gasteiger partial charge on any atom is 0.233 e. The molecule has 9 heteroatoms. The lowest BCUT2D eigenvalue weighted by atomic mass is 9.55. The molecule has 3 aromatic rings. The number of phenols is 1. The molecule has 196 valence electrons. The maximum atomic E-state index is 15.2. The second-order valence-corrected chi connectivity index (χ2v) is 11.2. The minimum Gasteiger partial charge on any atom is -0.507 e. The molecular weight excluding hydrogens is 476 g/mol. The van der Waals surface area contributed by atoms with Gasteiger partial charge in [0.2, 0.25) is 5.88 Å². The SMILES string of the molecule is COc1cc(-c2cc(O)c(-c3ccc(N(CCF)[C@H]4C[C@]5(C)CCC[C@](C)(C4)C5)nn3)c(F)c2)cnn1. The van der Waals surface area contributed by atoms with E-state index in [2.05, 4.69) is 34.2 Å². The van der Waals surface area contributed by atoms with Crippen molar-refractivity contribution in [1.29, 1.82) is 0 Å². The lowest BCUT2D eigenvalue weighted by Crippen LogP contribution is -2.50. The molecule has 2 aliphatic rings. The third kappa shape index (κ3) is 5.08. The number of rotatable bonds is 7. The number of phenolic OH excluding ortho intramolecular Hbond substituents is 1. The second-order valence-electron chi connectivity index (χ2n) is 11.2. The molecule has 0 saturated heterocycles. The van der Waals surface area contributed by atoms with Gasteiger partial charge in [0, 0.05) is 24.2 Å². The van der Waals surface area contributed by atoms with Crippen molar-refractivity contribution < 1.29 is 18.6 Å². The van der Waals surface area contributed by atoms with E-state index in [1.54, 1.807) is 18.2 Å². The predicted octanol–water partition coefficient (Wildman–Crippen LogP) is 5.98. The van der Waals surface area contributed by atoms with E-state index in [1.807, 2.05) is 4.90 Å². The molecule has 2 aromatic heterocycles. The van der Waals surface area contributed by atoms with Crippen molar-refractivity contribution in [3.8, 4) is 34.0 Å². The molecule has 5 rings (SSSR count). The number of methoxy groups -OCH3 is 1. The van der Waals surface area contributed by atoms with E-state index in [0.717, 1.165) is 12.8 Å². The standard InChI is InChI=1S/C28H33F2N5O2/c1-27-7-4-8-28(2,17-27)15-20(14-27)35(10-9-29)24-6-5-22(32-33-24)26-21(30)11-18(12-23(26)36)19-13-25(37-3)34-31-16-19/h5-6,11-13,16,20,36H,4,7-10,14-15,17H2,1-3H3/t20-,27-,28+. The third-order valence-electron chi connectivity index (χ3n) is 8.08. The van der Waals surface area contributed by atoms with Gasteiger partial charge in [-0.1, -0.05) is 20.3 Å². The first-order chi connectivity index (χ1) is 17.7. The number of aromatic nitrogens is 4. The highest BCUT2D eigenvalue weighted by Gasteiger charge is 2.47. The number of fused-ring (bicyclic) bond motifs is 2. The lowest BCUT2D eigenvalue weighted by molar-refractivity contribution is 0.0128. The van der Waals surface area contributed by atoms with Crippen LogP contribution < -0.4 is 9.64 Å². The number of nitrogens with zero attached hydrogens (tertiary/aromatic N) is 5. The maximum absolute atomic E-state index is 15.2. The van der Waals surface area contributed by atoms with E-state index in [0.29, 0.717) is 16.9 Å². The van der Waals surface area contributed by atoms with Crippen LogP contribution in [0.3, 0.4) is 0 Å². The molecule has 2 saturated carbocycles. The van der Waals surface area contributed by atoms with E-state index >= 15 is 4.39 Å². The predicted molar refractivity (Wildman–Crippen MR) is 138 cm³/mol. The Balaban J connectivity index is 1.42. The number of anilines is 1. The van der Waals surface area contributed by atoms with Crippen molar-refractivity contribution in [2.45, 2.75) is 58.4 Å². The molecular formula is C28H33F2N5O2. The van der Waals surface area contributed by atoms with Crippen molar-refractivity contribution >= 4 is 5.82 Å². The fraction of sp³-hybridized carbons (Fsp3) is 0.500. The Labute approximate surface area is 215 Å². The summed E-state index contributed by atoms with van der Waals surface area (Å²) in [6, 6.07) is 7.92. The summed E-state index contributed by atoms with van der Waals surface area (Å²) in [5, 5.41) is 27.0.